The van der Waals surface area contributed by atoms with E-state index in [4.69, 9.17) is 10.6 Å². The van der Waals surface area contributed by atoms with Crippen molar-refractivity contribution in [1.82, 2.24) is 14.9 Å². The van der Waals surface area contributed by atoms with Crippen LogP contribution in [0.4, 0.5) is 11.6 Å². The van der Waals surface area contributed by atoms with Gasteiger partial charge in [0, 0.05) is 34.3 Å². The van der Waals surface area contributed by atoms with Gasteiger partial charge in [-0.1, -0.05) is 0 Å². The van der Waals surface area contributed by atoms with E-state index < -0.39 is 0 Å². The van der Waals surface area contributed by atoms with E-state index in [2.05, 4.69) is 15.4 Å². The van der Waals surface area contributed by atoms with Crippen molar-refractivity contribution in [1.29, 1.82) is 0 Å². The number of aromatic nitrogens is 2. The van der Waals surface area contributed by atoms with E-state index in [0.717, 1.165) is 0 Å². The molecule has 3 N–H and O–H groups in total. The molecule has 106 valence electrons. The molecule has 1 aromatic rings. The molecule has 0 bridgehead atoms. The third-order valence-electron chi connectivity index (χ3n) is 2.44. The normalized spacial score (nSPS) is 10.2. The number of likely N-dealkylation sites (N-methyl/N-ethyl adjacent to an activating group) is 2. The predicted molar refractivity (Wildman–Crippen MR) is 72.5 cm³/mol. The number of hydrazine groups is 1. The Hall–Kier alpha value is -1.93. The molecule has 0 saturated heterocycles. The molecular weight excluding hydrogens is 248 g/mol. The van der Waals surface area contributed by atoms with Crippen LogP contribution in [0.3, 0.4) is 0 Å². The van der Waals surface area contributed by atoms with E-state index in [1.807, 2.05) is 0 Å². The number of hydrogen-bond acceptors (Lipinski definition) is 7. The third-order valence-corrected chi connectivity index (χ3v) is 2.44. The lowest BCUT2D eigenvalue weighted by Crippen LogP contribution is -2.35. The van der Waals surface area contributed by atoms with Gasteiger partial charge < -0.3 is 20.0 Å². The largest absolute Gasteiger partial charge is 0.377 e. The van der Waals surface area contributed by atoms with Crippen molar-refractivity contribution in [2.75, 3.05) is 45.1 Å². The Morgan fingerprint density at radius 3 is 2.63 bits per heavy atom. The second-order valence-corrected chi connectivity index (χ2v) is 4.25. The van der Waals surface area contributed by atoms with Gasteiger partial charge in [0.25, 0.3) is 0 Å². The van der Waals surface area contributed by atoms with Crippen LogP contribution >= 0.6 is 0 Å². The van der Waals surface area contributed by atoms with Crippen LogP contribution in [0.5, 0.6) is 0 Å². The lowest BCUT2D eigenvalue weighted by atomic mass is 10.4. The molecule has 0 aromatic carbocycles. The van der Waals surface area contributed by atoms with Crippen LogP contribution < -0.4 is 16.2 Å². The molecule has 0 unspecified atom stereocenters. The number of carbonyl (C=O) groups excluding carboxylic acids is 1. The number of nitrogen functional groups attached to an aromatic ring is 1. The Balaban J connectivity index is 2.91. The average Bonchev–Trinajstić information content (AvgIpc) is 2.38. The van der Waals surface area contributed by atoms with Gasteiger partial charge in [-0.25, -0.2) is 15.8 Å². The molecule has 0 aliphatic heterocycles. The number of nitrogens with two attached hydrogens (primary N) is 1. The Kier molecular flexibility index (Phi) is 5.46. The predicted octanol–water partition coefficient (Wildman–Crippen LogP) is -0.567. The Labute approximate surface area is 112 Å². The summed E-state index contributed by atoms with van der Waals surface area (Å²) < 4.78 is 4.99. The first-order valence-electron chi connectivity index (χ1n) is 5.72. The van der Waals surface area contributed by atoms with Crippen molar-refractivity contribution >= 4 is 17.5 Å². The molecule has 1 heterocycles. The van der Waals surface area contributed by atoms with Gasteiger partial charge >= 0.3 is 0 Å². The first-order chi connectivity index (χ1) is 8.97. The summed E-state index contributed by atoms with van der Waals surface area (Å²) in [5.41, 5.74) is 2.47. The first kappa shape index (κ1) is 15.1. The Bertz CT molecular complexity index is 437. The van der Waals surface area contributed by atoms with Crippen LogP contribution in [0, 0.1) is 0 Å². The van der Waals surface area contributed by atoms with Gasteiger partial charge in [0.15, 0.2) is 5.82 Å². The molecule has 0 saturated carbocycles. The number of amides is 1. The maximum absolute atomic E-state index is 11.7. The Morgan fingerprint density at radius 1 is 1.42 bits per heavy atom. The number of ether oxygens (including phenoxy) is 1. The summed E-state index contributed by atoms with van der Waals surface area (Å²) in [6, 6.07) is 1.67. The van der Waals surface area contributed by atoms with E-state index >= 15 is 0 Å². The van der Waals surface area contributed by atoms with Crippen LogP contribution in [0.2, 0.25) is 0 Å². The molecule has 0 spiro atoms. The second kappa shape index (κ2) is 6.86. The smallest absolute Gasteiger partial charge is 0.241 e. The van der Waals surface area contributed by atoms with E-state index in [0.29, 0.717) is 17.5 Å². The SMILES string of the molecule is COCc1nc(NN)cc(N(C)CC(=O)N(C)C)n1. The van der Waals surface area contributed by atoms with Gasteiger partial charge in [0.2, 0.25) is 5.91 Å². The van der Waals surface area contributed by atoms with Crippen molar-refractivity contribution in [3.63, 3.8) is 0 Å². The quantitative estimate of drug-likeness (QED) is 0.527. The van der Waals surface area contributed by atoms with Gasteiger partial charge in [0.1, 0.15) is 18.2 Å². The van der Waals surface area contributed by atoms with Crippen LogP contribution in [-0.2, 0) is 16.1 Å². The fourth-order valence-corrected chi connectivity index (χ4v) is 1.37. The number of hydrogen-bond donors (Lipinski definition) is 2. The molecule has 8 heteroatoms. The van der Waals surface area contributed by atoms with Gasteiger partial charge in [0.05, 0.1) is 6.54 Å². The number of carbonyl (C=O) groups is 1. The maximum atomic E-state index is 11.7. The lowest BCUT2D eigenvalue weighted by Gasteiger charge is -2.20. The summed E-state index contributed by atoms with van der Waals surface area (Å²) in [6.45, 7) is 0.498. The number of rotatable bonds is 6. The molecule has 0 radical (unpaired) electrons. The summed E-state index contributed by atoms with van der Waals surface area (Å²) in [6.07, 6.45) is 0. The molecule has 1 aromatic heterocycles. The van der Waals surface area contributed by atoms with E-state index in [9.17, 15) is 4.79 Å². The van der Waals surface area contributed by atoms with Gasteiger partial charge in [-0.3, -0.25) is 4.79 Å². The van der Waals surface area contributed by atoms with E-state index in [-0.39, 0.29) is 19.1 Å². The molecule has 1 rings (SSSR count). The molecule has 0 fully saturated rings. The zero-order chi connectivity index (χ0) is 14.4. The molecule has 8 nitrogen and oxygen atoms in total. The third kappa shape index (κ3) is 4.34. The van der Waals surface area contributed by atoms with Crippen LogP contribution in [0.1, 0.15) is 5.82 Å². The zero-order valence-electron chi connectivity index (χ0n) is 11.7. The molecule has 0 atom stereocenters. The summed E-state index contributed by atoms with van der Waals surface area (Å²) in [7, 11) is 6.75. The monoisotopic (exact) mass is 268 g/mol. The Morgan fingerprint density at radius 2 is 2.11 bits per heavy atom. The lowest BCUT2D eigenvalue weighted by molar-refractivity contribution is -0.127. The summed E-state index contributed by atoms with van der Waals surface area (Å²) in [4.78, 5) is 23.4. The van der Waals surface area contributed by atoms with Crippen molar-refractivity contribution in [3.8, 4) is 0 Å². The summed E-state index contributed by atoms with van der Waals surface area (Å²) in [5.74, 6) is 6.91. The van der Waals surface area contributed by atoms with Crippen molar-refractivity contribution in [3.05, 3.63) is 11.9 Å². The van der Waals surface area contributed by atoms with Crippen LogP contribution in [-0.4, -0.2) is 55.6 Å². The number of nitrogens with one attached hydrogen (secondary N) is 1. The number of nitrogens with zero attached hydrogens (tertiary/aromatic N) is 4. The minimum Gasteiger partial charge on any atom is -0.377 e. The fourth-order valence-electron chi connectivity index (χ4n) is 1.37. The van der Waals surface area contributed by atoms with Crippen molar-refractivity contribution < 1.29 is 9.53 Å². The molecule has 0 aliphatic carbocycles. The minimum absolute atomic E-state index is 0.0170. The topological polar surface area (TPSA) is 96.6 Å². The summed E-state index contributed by atoms with van der Waals surface area (Å²) in [5, 5.41) is 0. The number of methoxy groups -OCH3 is 1. The minimum atomic E-state index is -0.0170. The van der Waals surface area contributed by atoms with Crippen LogP contribution in [0.15, 0.2) is 6.07 Å². The van der Waals surface area contributed by atoms with E-state index in [1.165, 1.54) is 4.90 Å². The van der Waals surface area contributed by atoms with Crippen molar-refractivity contribution in [2.24, 2.45) is 5.84 Å². The molecular formula is C11H20N6O2. The average molecular weight is 268 g/mol. The zero-order valence-corrected chi connectivity index (χ0v) is 11.7. The standard InChI is InChI=1S/C11H20N6O2/c1-16(2)11(18)6-17(3)10-5-8(15-12)13-9(14-10)7-19-4/h5H,6-7,12H2,1-4H3,(H,13,14,15). The summed E-state index contributed by atoms with van der Waals surface area (Å²) >= 11 is 0. The first-order valence-corrected chi connectivity index (χ1v) is 5.72. The number of anilines is 2. The van der Waals surface area contributed by atoms with Crippen molar-refractivity contribution in [2.45, 2.75) is 6.61 Å². The van der Waals surface area contributed by atoms with E-state index in [1.54, 1.807) is 39.2 Å². The highest BCUT2D eigenvalue weighted by Crippen LogP contribution is 2.14. The highest BCUT2D eigenvalue weighted by atomic mass is 16.5. The van der Waals surface area contributed by atoms with Gasteiger partial charge in [-0.15, -0.1) is 0 Å². The molecule has 1 amide bonds. The highest BCUT2D eigenvalue weighted by molar-refractivity contribution is 5.80. The molecule has 19 heavy (non-hydrogen) atoms. The molecule has 0 aliphatic rings. The second-order valence-electron chi connectivity index (χ2n) is 4.25. The van der Waals surface area contributed by atoms with Crippen LogP contribution in [0.25, 0.3) is 0 Å². The maximum Gasteiger partial charge on any atom is 0.241 e. The van der Waals surface area contributed by atoms with Gasteiger partial charge in [-0.05, 0) is 0 Å². The highest BCUT2D eigenvalue weighted by Gasteiger charge is 2.12. The fraction of sp³-hybridized carbons (Fsp3) is 0.545. The van der Waals surface area contributed by atoms with Gasteiger partial charge in [-0.2, -0.15) is 0 Å².